The smallest absolute Gasteiger partial charge is 0.386 e. The molecule has 0 bridgehead atoms. The summed E-state index contributed by atoms with van der Waals surface area (Å²) >= 11 is 0. The Labute approximate surface area is 128 Å². The molecule has 2 nitrogen and oxygen atoms in total. The summed E-state index contributed by atoms with van der Waals surface area (Å²) < 4.78 is 172. The fraction of sp³-hybridized carbons (Fsp3) is 1.00. The van der Waals surface area contributed by atoms with Crippen LogP contribution in [-0.4, -0.2) is 58.5 Å². The van der Waals surface area contributed by atoms with Gasteiger partial charge in [0.2, 0.25) is 0 Å². The molecule has 0 rings (SSSR count). The molecule has 0 aliphatic carbocycles. The van der Waals surface area contributed by atoms with E-state index in [9.17, 15) is 61.5 Å². The van der Waals surface area contributed by atoms with E-state index in [1.807, 2.05) is 0 Å². The molecule has 0 aromatic heterocycles. The van der Waals surface area contributed by atoms with Crippen LogP contribution in [-0.2, 0) is 0 Å². The minimum Gasteiger partial charge on any atom is -0.386 e. The molecule has 16 heteroatoms. The molecule has 152 valence electrons. The number of hydrogen-bond donors (Lipinski definition) is 2. The Bertz CT molecular complexity index is 422. The van der Waals surface area contributed by atoms with Crippen LogP contribution in [0.15, 0.2) is 0 Å². The molecule has 2 unspecified atom stereocenters. The van der Waals surface area contributed by atoms with Gasteiger partial charge in [-0.3, -0.25) is 0 Å². The zero-order valence-electron chi connectivity index (χ0n) is 11.0. The first-order valence-corrected chi connectivity index (χ1v) is 5.56. The van der Waals surface area contributed by atoms with Gasteiger partial charge in [-0.1, -0.05) is 0 Å². The van der Waals surface area contributed by atoms with Gasteiger partial charge in [0.15, 0.2) is 0 Å². The molecule has 0 aliphatic rings. The standard InChI is InChI=1S/C9H6F14O2/c10-4(11,6(14,15)8(18,19)20)2(24)1-3(25)5(12,13)7(16,17)9(21,22)23/h2-3,24-25H,1H2. The first-order valence-electron chi connectivity index (χ1n) is 5.56. The SMILES string of the molecule is OC(CC(O)C(F)(F)C(F)(F)C(F)(F)F)C(F)(F)C(F)(F)C(F)(F)F. The third-order valence-corrected chi connectivity index (χ3v) is 2.83. The van der Waals surface area contributed by atoms with Gasteiger partial charge in [-0.15, -0.1) is 0 Å². The zero-order valence-corrected chi connectivity index (χ0v) is 11.0. The lowest BCUT2D eigenvalue weighted by Crippen LogP contribution is -2.61. The molecule has 0 heterocycles. The molecule has 25 heavy (non-hydrogen) atoms. The van der Waals surface area contributed by atoms with Gasteiger partial charge in [0, 0.05) is 6.42 Å². The fourth-order valence-corrected chi connectivity index (χ4v) is 1.30. The molecule has 0 aromatic carbocycles. The van der Waals surface area contributed by atoms with Crippen molar-refractivity contribution < 1.29 is 71.7 Å². The molecular weight excluding hydrogens is 406 g/mol. The maximum atomic E-state index is 12.9. The number of halogens is 14. The van der Waals surface area contributed by atoms with Crippen molar-refractivity contribution in [2.45, 2.75) is 54.7 Å². The first-order chi connectivity index (χ1) is 10.5. The molecule has 0 radical (unpaired) electrons. The first kappa shape index (κ1) is 23.9. The molecule has 0 fully saturated rings. The summed E-state index contributed by atoms with van der Waals surface area (Å²) in [5.41, 5.74) is 0. The highest BCUT2D eigenvalue weighted by molar-refractivity contribution is 5.01. The second-order valence-electron chi connectivity index (χ2n) is 4.66. The van der Waals surface area contributed by atoms with E-state index in [1.165, 1.54) is 0 Å². The third kappa shape index (κ3) is 3.88. The van der Waals surface area contributed by atoms with Crippen molar-refractivity contribution in [1.82, 2.24) is 0 Å². The summed E-state index contributed by atoms with van der Waals surface area (Å²) in [5.74, 6) is -27.4. The second kappa shape index (κ2) is 6.28. The Kier molecular flexibility index (Phi) is 6.01. The predicted octanol–water partition coefficient (Wildman–Crippen LogP) is 3.76. The van der Waals surface area contributed by atoms with Crippen LogP contribution in [0.2, 0.25) is 0 Å². The summed E-state index contributed by atoms with van der Waals surface area (Å²) in [6, 6.07) is 0. The van der Waals surface area contributed by atoms with Crippen LogP contribution in [0.25, 0.3) is 0 Å². The van der Waals surface area contributed by atoms with Crippen molar-refractivity contribution in [3.8, 4) is 0 Å². The third-order valence-electron chi connectivity index (χ3n) is 2.83. The Morgan fingerprint density at radius 3 is 0.840 bits per heavy atom. The van der Waals surface area contributed by atoms with Crippen molar-refractivity contribution in [3.63, 3.8) is 0 Å². The summed E-state index contributed by atoms with van der Waals surface area (Å²) in [5, 5.41) is 17.1. The fourth-order valence-electron chi connectivity index (χ4n) is 1.30. The molecule has 0 spiro atoms. The van der Waals surface area contributed by atoms with E-state index >= 15 is 0 Å². The average molecular weight is 412 g/mol. The van der Waals surface area contributed by atoms with Gasteiger partial charge in [0.05, 0.1) is 0 Å². The van der Waals surface area contributed by atoms with Crippen LogP contribution in [0, 0.1) is 0 Å². The minimum atomic E-state index is -7.07. The van der Waals surface area contributed by atoms with Gasteiger partial charge in [-0.2, -0.15) is 61.5 Å². The maximum absolute atomic E-state index is 12.9. The topological polar surface area (TPSA) is 40.5 Å². The van der Waals surface area contributed by atoms with Crippen molar-refractivity contribution in [2.75, 3.05) is 0 Å². The van der Waals surface area contributed by atoms with Gasteiger partial charge in [-0.05, 0) is 0 Å². The van der Waals surface area contributed by atoms with Gasteiger partial charge in [0.25, 0.3) is 0 Å². The Morgan fingerprint density at radius 2 is 0.680 bits per heavy atom. The van der Waals surface area contributed by atoms with Crippen molar-refractivity contribution in [2.24, 2.45) is 0 Å². The van der Waals surface area contributed by atoms with Gasteiger partial charge in [0.1, 0.15) is 12.2 Å². The van der Waals surface area contributed by atoms with E-state index in [1.54, 1.807) is 0 Å². The summed E-state index contributed by atoms with van der Waals surface area (Å²) in [4.78, 5) is 0. The Balaban J connectivity index is 5.60. The Morgan fingerprint density at radius 1 is 0.480 bits per heavy atom. The van der Waals surface area contributed by atoms with Crippen LogP contribution in [0.4, 0.5) is 61.5 Å². The van der Waals surface area contributed by atoms with Crippen LogP contribution in [0.3, 0.4) is 0 Å². The van der Waals surface area contributed by atoms with Gasteiger partial charge < -0.3 is 10.2 Å². The van der Waals surface area contributed by atoms with Crippen molar-refractivity contribution in [1.29, 1.82) is 0 Å². The highest BCUT2D eigenvalue weighted by Gasteiger charge is 2.78. The minimum absolute atomic E-state index is 3.06. The van der Waals surface area contributed by atoms with Crippen molar-refractivity contribution in [3.05, 3.63) is 0 Å². The second-order valence-corrected chi connectivity index (χ2v) is 4.66. The zero-order chi connectivity index (χ0) is 20.9. The molecule has 0 aromatic rings. The largest absolute Gasteiger partial charge is 0.459 e. The van der Waals surface area contributed by atoms with E-state index in [0.29, 0.717) is 0 Å². The van der Waals surface area contributed by atoms with Crippen molar-refractivity contribution >= 4 is 0 Å². The summed E-state index contributed by atoms with van der Waals surface area (Å²) in [6.07, 6.45) is -26.2. The number of aliphatic hydroxyl groups excluding tert-OH is 2. The number of hydrogen-bond acceptors (Lipinski definition) is 2. The lowest BCUT2D eigenvalue weighted by atomic mass is 9.94. The number of rotatable bonds is 6. The molecule has 2 N–H and O–H groups in total. The predicted molar refractivity (Wildman–Crippen MR) is 48.5 cm³/mol. The van der Waals surface area contributed by atoms with Gasteiger partial charge >= 0.3 is 36.0 Å². The number of alkyl halides is 14. The van der Waals surface area contributed by atoms with E-state index in [0.717, 1.165) is 0 Å². The highest BCUT2D eigenvalue weighted by Crippen LogP contribution is 2.51. The molecular formula is C9H6F14O2. The van der Waals surface area contributed by atoms with E-state index < -0.39 is 54.7 Å². The quantitative estimate of drug-likeness (QED) is 0.653. The molecule has 0 amide bonds. The van der Waals surface area contributed by atoms with Crippen LogP contribution < -0.4 is 0 Å². The van der Waals surface area contributed by atoms with E-state index in [4.69, 9.17) is 10.2 Å². The molecule has 0 saturated heterocycles. The monoisotopic (exact) mass is 412 g/mol. The van der Waals surface area contributed by atoms with E-state index in [2.05, 4.69) is 0 Å². The molecule has 2 atom stereocenters. The molecule has 0 aliphatic heterocycles. The van der Waals surface area contributed by atoms with E-state index in [-0.39, 0.29) is 0 Å². The van der Waals surface area contributed by atoms with Crippen LogP contribution >= 0.6 is 0 Å². The highest BCUT2D eigenvalue weighted by atomic mass is 19.4. The van der Waals surface area contributed by atoms with Crippen LogP contribution in [0.5, 0.6) is 0 Å². The average Bonchev–Trinajstić information content (AvgIpc) is 2.34. The summed E-state index contributed by atoms with van der Waals surface area (Å²) in [6.45, 7) is 0. The van der Waals surface area contributed by atoms with Gasteiger partial charge in [-0.25, -0.2) is 0 Å². The lowest BCUT2D eigenvalue weighted by molar-refractivity contribution is -0.383. The lowest BCUT2D eigenvalue weighted by Gasteiger charge is -2.35. The van der Waals surface area contributed by atoms with Crippen LogP contribution in [0.1, 0.15) is 6.42 Å². The number of aliphatic hydroxyl groups is 2. The summed E-state index contributed by atoms with van der Waals surface area (Å²) in [7, 11) is 0. The Hall–Kier alpha value is -1.06. The molecule has 0 saturated carbocycles. The maximum Gasteiger partial charge on any atom is 0.459 e. The normalized spacial score (nSPS) is 18.2.